The van der Waals surface area contributed by atoms with Crippen LogP contribution in [0.25, 0.3) is 0 Å². The predicted molar refractivity (Wildman–Crippen MR) is 80.8 cm³/mol. The molecule has 0 saturated heterocycles. The zero-order valence-electron chi connectivity index (χ0n) is 12.8. The van der Waals surface area contributed by atoms with Crippen LogP contribution in [0.4, 0.5) is 5.69 Å². The van der Waals surface area contributed by atoms with Gasteiger partial charge in [-0.05, 0) is 36.3 Å². The number of anilines is 1. The van der Waals surface area contributed by atoms with Gasteiger partial charge in [0.25, 0.3) is 0 Å². The highest BCUT2D eigenvalue weighted by Gasteiger charge is 2.15. The largest absolute Gasteiger partial charge is 0.493 e. The van der Waals surface area contributed by atoms with E-state index in [0.717, 1.165) is 12.2 Å². The van der Waals surface area contributed by atoms with Crippen molar-refractivity contribution >= 4 is 5.69 Å². The summed E-state index contributed by atoms with van der Waals surface area (Å²) < 4.78 is 11.0. The molecule has 1 unspecified atom stereocenters. The Bertz CT molecular complexity index is 396. The molecule has 0 aliphatic carbocycles. The van der Waals surface area contributed by atoms with Gasteiger partial charge in [-0.2, -0.15) is 0 Å². The summed E-state index contributed by atoms with van der Waals surface area (Å²) in [6.45, 7) is 9.79. The molecule has 0 amide bonds. The van der Waals surface area contributed by atoms with Crippen molar-refractivity contribution in [2.24, 2.45) is 11.3 Å². The van der Waals surface area contributed by atoms with Crippen molar-refractivity contribution in [2.45, 2.75) is 40.5 Å². The maximum Gasteiger partial charge on any atom is 0.162 e. The number of ether oxygens (including phenoxy) is 2. The lowest BCUT2D eigenvalue weighted by atomic mass is 9.84. The molecule has 0 fully saturated rings. The molecule has 3 heteroatoms. The predicted octanol–water partition coefficient (Wildman–Crippen LogP) is 4.12. The normalized spacial score (nSPS) is 13.1. The molecule has 3 nitrogen and oxygen atoms in total. The van der Waals surface area contributed by atoms with Crippen molar-refractivity contribution < 1.29 is 9.47 Å². The monoisotopic (exact) mass is 265 g/mol. The minimum atomic E-state index is 0.373. The minimum Gasteiger partial charge on any atom is -0.493 e. The van der Waals surface area contributed by atoms with Gasteiger partial charge in [0.1, 0.15) is 0 Å². The highest BCUT2D eigenvalue weighted by Crippen LogP contribution is 2.30. The molecule has 1 rings (SSSR count). The van der Waals surface area contributed by atoms with Gasteiger partial charge in [-0.25, -0.2) is 0 Å². The smallest absolute Gasteiger partial charge is 0.162 e. The fraction of sp³-hybridized carbons (Fsp3) is 0.625. The number of hydrogen-bond acceptors (Lipinski definition) is 3. The lowest BCUT2D eigenvalue weighted by Gasteiger charge is -2.23. The van der Waals surface area contributed by atoms with Crippen molar-refractivity contribution in [2.75, 3.05) is 19.5 Å². The Balaban J connectivity index is 2.45. The van der Waals surface area contributed by atoms with Gasteiger partial charge in [0.2, 0.25) is 0 Å². The van der Waals surface area contributed by atoms with Gasteiger partial charge in [0.15, 0.2) is 11.5 Å². The van der Waals surface area contributed by atoms with Crippen LogP contribution in [0.5, 0.6) is 11.5 Å². The van der Waals surface area contributed by atoms with E-state index >= 15 is 0 Å². The van der Waals surface area contributed by atoms with Crippen LogP contribution in [0.15, 0.2) is 18.2 Å². The molecule has 0 radical (unpaired) electrons. The molecule has 1 aromatic rings. The summed E-state index contributed by atoms with van der Waals surface area (Å²) in [6.07, 6.45) is 2.25. The molecule has 0 aliphatic rings. The zero-order chi connectivity index (χ0) is 14.5. The summed E-state index contributed by atoms with van der Waals surface area (Å²) in [4.78, 5) is 0. The van der Waals surface area contributed by atoms with Gasteiger partial charge in [-0.1, -0.05) is 27.7 Å². The SMILES string of the molecule is COc1cc(N)ccc1OCCC(C)CC(C)(C)C. The Hall–Kier alpha value is -1.38. The van der Waals surface area contributed by atoms with Gasteiger partial charge < -0.3 is 15.2 Å². The molecule has 2 N–H and O–H groups in total. The first-order valence-electron chi connectivity index (χ1n) is 6.88. The van der Waals surface area contributed by atoms with Gasteiger partial charge in [0.05, 0.1) is 13.7 Å². The first-order valence-corrected chi connectivity index (χ1v) is 6.88. The topological polar surface area (TPSA) is 44.5 Å². The number of rotatable bonds is 6. The molecule has 0 spiro atoms. The van der Waals surface area contributed by atoms with E-state index in [1.165, 1.54) is 6.42 Å². The van der Waals surface area contributed by atoms with Crippen LogP contribution in [-0.2, 0) is 0 Å². The zero-order valence-corrected chi connectivity index (χ0v) is 12.8. The maximum atomic E-state index is 5.79. The molecule has 108 valence electrons. The fourth-order valence-electron chi connectivity index (χ4n) is 2.32. The minimum absolute atomic E-state index is 0.373. The Kier molecular flexibility index (Phi) is 5.52. The Labute approximate surface area is 117 Å². The molecule has 1 aromatic carbocycles. The highest BCUT2D eigenvalue weighted by molar-refractivity contribution is 5.51. The van der Waals surface area contributed by atoms with Crippen molar-refractivity contribution in [1.29, 1.82) is 0 Å². The number of nitrogen functional groups attached to an aromatic ring is 1. The number of hydrogen-bond donors (Lipinski definition) is 1. The van der Waals surface area contributed by atoms with E-state index in [0.29, 0.717) is 29.4 Å². The average molecular weight is 265 g/mol. The van der Waals surface area contributed by atoms with Crippen molar-refractivity contribution in [3.8, 4) is 11.5 Å². The van der Waals surface area contributed by atoms with Crippen LogP contribution in [-0.4, -0.2) is 13.7 Å². The summed E-state index contributed by atoms with van der Waals surface area (Å²) >= 11 is 0. The van der Waals surface area contributed by atoms with E-state index in [4.69, 9.17) is 15.2 Å². The number of benzene rings is 1. The van der Waals surface area contributed by atoms with Crippen molar-refractivity contribution in [1.82, 2.24) is 0 Å². The standard InChI is InChI=1S/C16H27NO2/c1-12(11-16(2,3)4)8-9-19-14-7-6-13(17)10-15(14)18-5/h6-7,10,12H,8-9,11,17H2,1-5H3. The van der Waals surface area contributed by atoms with E-state index in [-0.39, 0.29) is 0 Å². The molecule has 19 heavy (non-hydrogen) atoms. The third-order valence-electron chi connectivity index (χ3n) is 3.02. The van der Waals surface area contributed by atoms with E-state index in [9.17, 15) is 0 Å². The van der Waals surface area contributed by atoms with Crippen LogP contribution >= 0.6 is 0 Å². The second kappa shape index (κ2) is 6.69. The molecule has 0 aromatic heterocycles. The fourth-order valence-corrected chi connectivity index (χ4v) is 2.32. The van der Waals surface area contributed by atoms with Crippen molar-refractivity contribution in [3.63, 3.8) is 0 Å². The second-order valence-electron chi connectivity index (χ2n) is 6.42. The molecule has 0 saturated carbocycles. The van der Waals surface area contributed by atoms with E-state index in [1.54, 1.807) is 13.2 Å². The summed E-state index contributed by atoms with van der Waals surface area (Å²) in [5.41, 5.74) is 6.77. The third kappa shape index (κ3) is 5.86. The van der Waals surface area contributed by atoms with Crippen LogP contribution in [0, 0.1) is 11.3 Å². The first-order chi connectivity index (χ1) is 8.81. The summed E-state index contributed by atoms with van der Waals surface area (Å²) in [6, 6.07) is 5.48. The highest BCUT2D eigenvalue weighted by atomic mass is 16.5. The summed E-state index contributed by atoms with van der Waals surface area (Å²) in [5.74, 6) is 2.11. The molecule has 0 bridgehead atoms. The molecule has 1 atom stereocenters. The molecular formula is C16H27NO2. The third-order valence-corrected chi connectivity index (χ3v) is 3.02. The van der Waals surface area contributed by atoms with Crippen LogP contribution in [0.3, 0.4) is 0 Å². The average Bonchev–Trinajstić information content (AvgIpc) is 2.28. The maximum absolute atomic E-state index is 5.79. The first kappa shape index (κ1) is 15.7. The Morgan fingerprint density at radius 1 is 1.21 bits per heavy atom. The molecule has 0 heterocycles. The van der Waals surface area contributed by atoms with Crippen LogP contribution < -0.4 is 15.2 Å². The Morgan fingerprint density at radius 3 is 2.47 bits per heavy atom. The lowest BCUT2D eigenvalue weighted by molar-refractivity contribution is 0.234. The van der Waals surface area contributed by atoms with E-state index in [2.05, 4.69) is 27.7 Å². The van der Waals surface area contributed by atoms with Crippen LogP contribution in [0.2, 0.25) is 0 Å². The molecular weight excluding hydrogens is 238 g/mol. The summed E-state index contributed by atoms with van der Waals surface area (Å²) in [5, 5.41) is 0. The van der Waals surface area contributed by atoms with E-state index in [1.807, 2.05) is 12.1 Å². The molecule has 0 aliphatic heterocycles. The van der Waals surface area contributed by atoms with E-state index < -0.39 is 0 Å². The van der Waals surface area contributed by atoms with Gasteiger partial charge in [-0.3, -0.25) is 0 Å². The number of nitrogens with two attached hydrogens (primary N) is 1. The quantitative estimate of drug-likeness (QED) is 0.787. The number of methoxy groups -OCH3 is 1. The van der Waals surface area contributed by atoms with Gasteiger partial charge in [0, 0.05) is 11.8 Å². The Morgan fingerprint density at radius 2 is 1.89 bits per heavy atom. The summed E-state index contributed by atoms with van der Waals surface area (Å²) in [7, 11) is 1.63. The second-order valence-corrected chi connectivity index (χ2v) is 6.42. The van der Waals surface area contributed by atoms with Gasteiger partial charge in [-0.15, -0.1) is 0 Å². The van der Waals surface area contributed by atoms with Crippen LogP contribution in [0.1, 0.15) is 40.5 Å². The van der Waals surface area contributed by atoms with Gasteiger partial charge >= 0.3 is 0 Å². The van der Waals surface area contributed by atoms with Crippen molar-refractivity contribution in [3.05, 3.63) is 18.2 Å². The lowest BCUT2D eigenvalue weighted by Crippen LogP contribution is -2.13.